The minimum Gasteiger partial charge on any atom is -0.493 e. The Morgan fingerprint density at radius 3 is 2.20 bits per heavy atom. The summed E-state index contributed by atoms with van der Waals surface area (Å²) in [7, 11) is 5.05. The Bertz CT molecular complexity index is 416. The lowest BCUT2D eigenvalue weighted by atomic mass is 9.87. The van der Waals surface area contributed by atoms with Gasteiger partial charge in [0.2, 0.25) is 0 Å². The molecule has 1 aromatic rings. The van der Waals surface area contributed by atoms with Crippen LogP contribution < -0.4 is 14.8 Å². The van der Waals surface area contributed by atoms with Crippen LogP contribution in [0.2, 0.25) is 0 Å². The topological polar surface area (TPSA) is 39.7 Å². The van der Waals surface area contributed by atoms with Gasteiger partial charge in [-0.05, 0) is 37.6 Å². The molecule has 0 saturated heterocycles. The summed E-state index contributed by atoms with van der Waals surface area (Å²) < 4.78 is 16.4. The molecule has 0 heterocycles. The highest BCUT2D eigenvalue weighted by molar-refractivity contribution is 5.44. The Morgan fingerprint density at radius 1 is 1.10 bits per heavy atom. The lowest BCUT2D eigenvalue weighted by Gasteiger charge is -2.37. The molecule has 2 atom stereocenters. The Labute approximate surface area is 122 Å². The molecular weight excluding hydrogens is 254 g/mol. The lowest BCUT2D eigenvalue weighted by molar-refractivity contribution is -0.0296. The minimum atomic E-state index is -0.268. The number of hydrogen-bond acceptors (Lipinski definition) is 4. The van der Waals surface area contributed by atoms with E-state index in [1.54, 1.807) is 21.3 Å². The molecule has 0 aliphatic rings. The molecule has 0 aliphatic carbocycles. The molecule has 0 bridgehead atoms. The van der Waals surface area contributed by atoms with Crippen molar-refractivity contribution in [2.45, 2.75) is 38.8 Å². The maximum Gasteiger partial charge on any atom is 0.161 e. The Morgan fingerprint density at radius 2 is 1.75 bits per heavy atom. The van der Waals surface area contributed by atoms with Crippen LogP contribution in [0.3, 0.4) is 0 Å². The summed E-state index contributed by atoms with van der Waals surface area (Å²) in [6.45, 7) is 7.23. The quantitative estimate of drug-likeness (QED) is 0.794. The van der Waals surface area contributed by atoms with Crippen molar-refractivity contribution in [1.29, 1.82) is 0 Å². The molecule has 0 aromatic heterocycles. The minimum absolute atomic E-state index is 0.0994. The Hall–Kier alpha value is -1.26. The van der Waals surface area contributed by atoms with Crippen LogP contribution in [-0.4, -0.2) is 33.5 Å². The third kappa shape index (κ3) is 3.44. The predicted molar refractivity (Wildman–Crippen MR) is 81.7 cm³/mol. The molecule has 1 aromatic carbocycles. The second-order valence-electron chi connectivity index (χ2n) is 4.98. The second-order valence-corrected chi connectivity index (χ2v) is 4.98. The molecule has 0 amide bonds. The molecule has 1 rings (SSSR count). The number of hydrogen-bond donors (Lipinski definition) is 1. The first-order chi connectivity index (χ1) is 9.56. The molecule has 4 nitrogen and oxygen atoms in total. The average Bonchev–Trinajstić information content (AvgIpc) is 2.51. The molecule has 0 fully saturated rings. The predicted octanol–water partition coefficient (Wildman–Crippen LogP) is 3.17. The van der Waals surface area contributed by atoms with Crippen molar-refractivity contribution >= 4 is 0 Å². The number of nitrogens with one attached hydrogen (secondary N) is 1. The first-order valence-electron chi connectivity index (χ1n) is 7.06. The van der Waals surface area contributed by atoms with Gasteiger partial charge in [0.25, 0.3) is 0 Å². The summed E-state index contributed by atoms with van der Waals surface area (Å²) in [4.78, 5) is 0. The van der Waals surface area contributed by atoms with E-state index in [1.807, 2.05) is 12.1 Å². The van der Waals surface area contributed by atoms with Crippen LogP contribution in [-0.2, 0) is 4.74 Å². The SMILES string of the molecule is CCNC(c1ccc(OC)c(OC)c1)C(C)(CC)OC. The van der Waals surface area contributed by atoms with Gasteiger partial charge in [-0.2, -0.15) is 0 Å². The first kappa shape index (κ1) is 16.8. The van der Waals surface area contributed by atoms with Crippen molar-refractivity contribution in [3.8, 4) is 11.5 Å². The average molecular weight is 281 g/mol. The van der Waals surface area contributed by atoms with Crippen molar-refractivity contribution in [2.75, 3.05) is 27.9 Å². The fourth-order valence-corrected chi connectivity index (χ4v) is 2.39. The lowest BCUT2D eigenvalue weighted by Crippen LogP contribution is -2.42. The molecule has 4 heteroatoms. The normalized spacial score (nSPS) is 15.5. The molecule has 0 spiro atoms. The van der Waals surface area contributed by atoms with E-state index in [0.717, 1.165) is 30.0 Å². The van der Waals surface area contributed by atoms with Crippen LogP contribution >= 0.6 is 0 Å². The zero-order chi connectivity index (χ0) is 15.2. The largest absolute Gasteiger partial charge is 0.493 e. The van der Waals surface area contributed by atoms with Gasteiger partial charge in [-0.3, -0.25) is 0 Å². The van der Waals surface area contributed by atoms with E-state index < -0.39 is 0 Å². The van der Waals surface area contributed by atoms with Gasteiger partial charge in [0.1, 0.15) is 0 Å². The highest BCUT2D eigenvalue weighted by atomic mass is 16.5. The highest BCUT2D eigenvalue weighted by Gasteiger charge is 2.33. The standard InChI is InChI=1S/C16H27NO3/c1-7-16(3,20-6)15(17-8-2)12-9-10-13(18-4)14(11-12)19-5/h9-11,15,17H,7-8H2,1-6H3. The van der Waals surface area contributed by atoms with E-state index in [0.29, 0.717) is 0 Å². The Balaban J connectivity index is 3.21. The third-order valence-electron chi connectivity index (χ3n) is 3.93. The van der Waals surface area contributed by atoms with E-state index in [-0.39, 0.29) is 11.6 Å². The maximum atomic E-state index is 5.75. The number of methoxy groups -OCH3 is 3. The van der Waals surface area contributed by atoms with Crippen molar-refractivity contribution in [3.05, 3.63) is 23.8 Å². The van der Waals surface area contributed by atoms with E-state index in [4.69, 9.17) is 14.2 Å². The van der Waals surface area contributed by atoms with Gasteiger partial charge < -0.3 is 19.5 Å². The van der Waals surface area contributed by atoms with Crippen LogP contribution in [0.5, 0.6) is 11.5 Å². The van der Waals surface area contributed by atoms with E-state index in [2.05, 4.69) is 32.2 Å². The molecule has 114 valence electrons. The number of rotatable bonds is 8. The molecule has 0 aliphatic heterocycles. The van der Waals surface area contributed by atoms with Crippen molar-refractivity contribution in [1.82, 2.24) is 5.32 Å². The molecule has 2 unspecified atom stereocenters. The summed E-state index contributed by atoms with van der Waals surface area (Å²) in [6.07, 6.45) is 0.912. The number of ether oxygens (including phenoxy) is 3. The molecule has 0 radical (unpaired) electrons. The maximum absolute atomic E-state index is 5.75. The van der Waals surface area contributed by atoms with Crippen LogP contribution in [0.15, 0.2) is 18.2 Å². The van der Waals surface area contributed by atoms with Crippen molar-refractivity contribution < 1.29 is 14.2 Å². The smallest absolute Gasteiger partial charge is 0.161 e. The van der Waals surface area contributed by atoms with Crippen LogP contribution in [0.1, 0.15) is 38.8 Å². The number of benzene rings is 1. The monoisotopic (exact) mass is 281 g/mol. The van der Waals surface area contributed by atoms with E-state index in [1.165, 1.54) is 0 Å². The summed E-state index contributed by atoms with van der Waals surface area (Å²) in [5, 5.41) is 3.51. The highest BCUT2D eigenvalue weighted by Crippen LogP contribution is 2.36. The van der Waals surface area contributed by atoms with Crippen LogP contribution in [0.25, 0.3) is 0 Å². The first-order valence-corrected chi connectivity index (χ1v) is 7.06. The molecule has 20 heavy (non-hydrogen) atoms. The van der Waals surface area contributed by atoms with Gasteiger partial charge in [0.05, 0.1) is 25.9 Å². The fraction of sp³-hybridized carbons (Fsp3) is 0.625. The van der Waals surface area contributed by atoms with E-state index >= 15 is 0 Å². The fourth-order valence-electron chi connectivity index (χ4n) is 2.39. The summed E-state index contributed by atoms with van der Waals surface area (Å²) in [5.74, 6) is 1.48. The van der Waals surface area contributed by atoms with Gasteiger partial charge >= 0.3 is 0 Å². The van der Waals surface area contributed by atoms with Gasteiger partial charge in [-0.15, -0.1) is 0 Å². The zero-order valence-corrected chi connectivity index (χ0v) is 13.4. The molecule has 0 saturated carbocycles. The van der Waals surface area contributed by atoms with E-state index in [9.17, 15) is 0 Å². The van der Waals surface area contributed by atoms with Gasteiger partial charge in [0.15, 0.2) is 11.5 Å². The van der Waals surface area contributed by atoms with Crippen LogP contribution in [0.4, 0.5) is 0 Å². The van der Waals surface area contributed by atoms with Crippen LogP contribution in [0, 0.1) is 0 Å². The third-order valence-corrected chi connectivity index (χ3v) is 3.93. The van der Waals surface area contributed by atoms with Crippen molar-refractivity contribution in [3.63, 3.8) is 0 Å². The van der Waals surface area contributed by atoms with Gasteiger partial charge in [-0.1, -0.05) is 19.9 Å². The van der Waals surface area contributed by atoms with Gasteiger partial charge in [0, 0.05) is 7.11 Å². The zero-order valence-electron chi connectivity index (χ0n) is 13.4. The number of likely N-dealkylation sites (N-methyl/N-ethyl adjacent to an activating group) is 1. The van der Waals surface area contributed by atoms with Crippen molar-refractivity contribution in [2.24, 2.45) is 0 Å². The molecule has 1 N–H and O–H groups in total. The summed E-state index contributed by atoms with van der Waals surface area (Å²) in [6, 6.07) is 6.10. The van der Waals surface area contributed by atoms with Gasteiger partial charge in [-0.25, -0.2) is 0 Å². The summed E-state index contributed by atoms with van der Waals surface area (Å²) in [5.41, 5.74) is 0.867. The Kier molecular flexibility index (Phi) is 6.30. The second kappa shape index (κ2) is 7.50. The summed E-state index contributed by atoms with van der Waals surface area (Å²) >= 11 is 0. The molecular formula is C16H27NO3.